The lowest BCUT2D eigenvalue weighted by Crippen LogP contribution is -2.35. The maximum absolute atomic E-state index is 13.0. The summed E-state index contributed by atoms with van der Waals surface area (Å²) in [6, 6.07) is 12.3. The maximum Gasteiger partial charge on any atom is 0.243 e. The Morgan fingerprint density at radius 3 is 2.56 bits per heavy atom. The van der Waals surface area contributed by atoms with Crippen molar-refractivity contribution in [2.45, 2.75) is 43.9 Å². The van der Waals surface area contributed by atoms with Crippen LogP contribution in [0.1, 0.15) is 37.1 Å². The summed E-state index contributed by atoms with van der Waals surface area (Å²) in [5.41, 5.74) is 2.27. The molecule has 1 aromatic heterocycles. The Bertz CT molecular complexity index is 1250. The molecule has 0 aliphatic carbocycles. The van der Waals surface area contributed by atoms with Crippen LogP contribution in [0.4, 0.5) is 5.69 Å². The van der Waals surface area contributed by atoms with Crippen molar-refractivity contribution < 1.29 is 22.5 Å². The number of hydrogen-bond donors (Lipinski definition) is 1. The zero-order chi connectivity index (χ0) is 24.1. The molecule has 0 unspecified atom stereocenters. The van der Waals surface area contributed by atoms with Crippen molar-refractivity contribution >= 4 is 21.6 Å². The number of methoxy groups -OCH3 is 1. The van der Waals surface area contributed by atoms with Crippen molar-refractivity contribution in [1.82, 2.24) is 14.4 Å². The largest absolute Gasteiger partial charge is 0.495 e. The molecule has 2 aromatic carbocycles. The minimum Gasteiger partial charge on any atom is -0.495 e. The molecule has 10 heteroatoms. The van der Waals surface area contributed by atoms with E-state index in [1.807, 2.05) is 31.2 Å². The van der Waals surface area contributed by atoms with E-state index >= 15 is 0 Å². The average molecular weight is 485 g/mol. The smallest absolute Gasteiger partial charge is 0.243 e. The fourth-order valence-corrected chi connectivity index (χ4v) is 5.35. The molecule has 1 amide bonds. The van der Waals surface area contributed by atoms with E-state index in [0.29, 0.717) is 36.2 Å². The summed E-state index contributed by atoms with van der Waals surface area (Å²) in [5.74, 6) is 0.873. The summed E-state index contributed by atoms with van der Waals surface area (Å²) < 4.78 is 38.1. The maximum atomic E-state index is 13.0. The van der Waals surface area contributed by atoms with Gasteiger partial charge in [-0.1, -0.05) is 41.4 Å². The number of anilines is 1. The Balaban J connectivity index is 1.42. The molecule has 34 heavy (non-hydrogen) atoms. The number of nitrogens with one attached hydrogen (secondary N) is 1. The highest BCUT2D eigenvalue weighted by molar-refractivity contribution is 7.89. The van der Waals surface area contributed by atoms with Crippen LogP contribution in [0.5, 0.6) is 5.75 Å². The molecule has 1 aliphatic heterocycles. The molecule has 9 nitrogen and oxygen atoms in total. The molecule has 3 aromatic rings. The van der Waals surface area contributed by atoms with Crippen molar-refractivity contribution in [2.24, 2.45) is 0 Å². The second-order valence-electron chi connectivity index (χ2n) is 8.25. The number of aromatic nitrogens is 2. The van der Waals surface area contributed by atoms with Crippen LogP contribution >= 0.6 is 0 Å². The van der Waals surface area contributed by atoms with E-state index in [0.717, 1.165) is 30.4 Å². The Kier molecular flexibility index (Phi) is 7.28. The predicted molar refractivity (Wildman–Crippen MR) is 127 cm³/mol. The van der Waals surface area contributed by atoms with Crippen LogP contribution in [0.2, 0.25) is 0 Å². The number of rotatable bonds is 8. The number of hydrogen-bond acceptors (Lipinski definition) is 7. The highest BCUT2D eigenvalue weighted by Gasteiger charge is 2.27. The highest BCUT2D eigenvalue weighted by Crippen LogP contribution is 2.30. The average Bonchev–Trinajstić information content (AvgIpc) is 3.33. The van der Waals surface area contributed by atoms with Gasteiger partial charge in [0.15, 0.2) is 0 Å². The third kappa shape index (κ3) is 5.45. The van der Waals surface area contributed by atoms with Gasteiger partial charge in [-0.15, -0.1) is 0 Å². The number of ether oxygens (including phenoxy) is 1. The molecule has 4 rings (SSSR count). The zero-order valence-corrected chi connectivity index (χ0v) is 20.1. The number of sulfonamides is 1. The van der Waals surface area contributed by atoms with Crippen LogP contribution < -0.4 is 10.1 Å². The van der Waals surface area contributed by atoms with Crippen LogP contribution in [0.3, 0.4) is 0 Å². The van der Waals surface area contributed by atoms with Gasteiger partial charge >= 0.3 is 0 Å². The van der Waals surface area contributed by atoms with E-state index in [1.165, 1.54) is 23.5 Å². The van der Waals surface area contributed by atoms with Crippen LogP contribution in [0.15, 0.2) is 51.9 Å². The molecule has 1 saturated heterocycles. The summed E-state index contributed by atoms with van der Waals surface area (Å²) in [7, 11) is -2.17. The molecule has 1 N–H and O–H groups in total. The number of aryl methyl sites for hydroxylation is 2. The van der Waals surface area contributed by atoms with E-state index in [-0.39, 0.29) is 23.6 Å². The van der Waals surface area contributed by atoms with Gasteiger partial charge in [-0.25, -0.2) is 8.42 Å². The fraction of sp³-hybridized carbons (Fsp3) is 0.375. The lowest BCUT2D eigenvalue weighted by Gasteiger charge is -2.26. The number of carbonyl (C=O) groups excluding carboxylic acids is 1. The molecule has 180 valence electrons. The van der Waals surface area contributed by atoms with Gasteiger partial charge in [0.05, 0.1) is 17.7 Å². The van der Waals surface area contributed by atoms with Crippen molar-refractivity contribution in [3.8, 4) is 17.1 Å². The van der Waals surface area contributed by atoms with Gasteiger partial charge in [0.1, 0.15) is 5.75 Å². The van der Waals surface area contributed by atoms with E-state index in [4.69, 9.17) is 9.26 Å². The van der Waals surface area contributed by atoms with E-state index < -0.39 is 10.0 Å². The number of carbonyl (C=O) groups is 1. The van der Waals surface area contributed by atoms with Crippen molar-refractivity contribution in [1.29, 1.82) is 0 Å². The second-order valence-corrected chi connectivity index (χ2v) is 10.2. The van der Waals surface area contributed by atoms with E-state index in [1.54, 1.807) is 6.07 Å². The molecule has 2 heterocycles. The minimum absolute atomic E-state index is 0.0851. The normalized spacial score (nSPS) is 14.6. The first kappa shape index (κ1) is 23.9. The second kappa shape index (κ2) is 10.4. The van der Waals surface area contributed by atoms with Gasteiger partial charge in [-0.05, 0) is 38.0 Å². The lowest BCUT2D eigenvalue weighted by molar-refractivity contribution is -0.116. The Labute approximate surface area is 199 Å². The Morgan fingerprint density at radius 2 is 1.85 bits per heavy atom. The molecular formula is C24H28N4O5S. The predicted octanol–water partition coefficient (Wildman–Crippen LogP) is 3.80. The van der Waals surface area contributed by atoms with Gasteiger partial charge in [0.2, 0.25) is 27.6 Å². The Morgan fingerprint density at radius 1 is 1.12 bits per heavy atom. The summed E-state index contributed by atoms with van der Waals surface area (Å²) in [4.78, 5) is 17.1. The van der Waals surface area contributed by atoms with Gasteiger partial charge in [-0.2, -0.15) is 9.29 Å². The third-order valence-corrected chi connectivity index (χ3v) is 7.64. The summed E-state index contributed by atoms with van der Waals surface area (Å²) in [6.07, 6.45) is 3.06. The zero-order valence-electron chi connectivity index (χ0n) is 19.3. The first-order valence-corrected chi connectivity index (χ1v) is 12.7. The molecule has 0 radical (unpaired) electrons. The molecule has 1 aliphatic rings. The first-order chi connectivity index (χ1) is 16.4. The number of piperidine rings is 1. The molecule has 0 bridgehead atoms. The van der Waals surface area contributed by atoms with E-state index in [2.05, 4.69) is 15.5 Å². The van der Waals surface area contributed by atoms with Gasteiger partial charge in [-0.3, -0.25) is 4.79 Å². The van der Waals surface area contributed by atoms with Gasteiger partial charge in [0.25, 0.3) is 0 Å². The molecule has 0 atom stereocenters. The first-order valence-electron chi connectivity index (χ1n) is 11.2. The standard InChI is InChI=1S/C24H28N4O5S/c1-17-6-8-18(9-7-17)24-26-23(33-27-24)13-12-22(29)25-20-16-19(10-11-21(20)32-2)34(30,31)28-14-4-3-5-15-28/h6-11,16H,3-5,12-15H2,1-2H3,(H,25,29). The molecule has 0 spiro atoms. The number of nitrogens with zero attached hydrogens (tertiary/aromatic N) is 3. The minimum atomic E-state index is -3.63. The molecule has 1 fully saturated rings. The van der Waals surface area contributed by atoms with Crippen LogP contribution in [0, 0.1) is 6.92 Å². The molecule has 0 saturated carbocycles. The topological polar surface area (TPSA) is 115 Å². The number of benzene rings is 2. The van der Waals surface area contributed by atoms with E-state index in [9.17, 15) is 13.2 Å². The quantitative estimate of drug-likeness (QED) is 0.517. The molecular weight excluding hydrogens is 456 g/mol. The highest BCUT2D eigenvalue weighted by atomic mass is 32.2. The van der Waals surface area contributed by atoms with Crippen LogP contribution in [-0.2, 0) is 21.2 Å². The van der Waals surface area contributed by atoms with Gasteiger partial charge in [0, 0.05) is 31.5 Å². The van der Waals surface area contributed by atoms with Gasteiger partial charge < -0.3 is 14.6 Å². The van der Waals surface area contributed by atoms with Crippen LogP contribution in [-0.4, -0.2) is 49.0 Å². The lowest BCUT2D eigenvalue weighted by atomic mass is 10.1. The third-order valence-electron chi connectivity index (χ3n) is 5.74. The summed E-state index contributed by atoms with van der Waals surface area (Å²) in [6.45, 7) is 3.01. The number of amides is 1. The van der Waals surface area contributed by atoms with Crippen molar-refractivity contribution in [3.05, 3.63) is 53.9 Å². The summed E-state index contributed by atoms with van der Waals surface area (Å²) >= 11 is 0. The van der Waals surface area contributed by atoms with Crippen molar-refractivity contribution in [3.63, 3.8) is 0 Å². The SMILES string of the molecule is COc1ccc(S(=O)(=O)N2CCCCC2)cc1NC(=O)CCc1nc(-c2ccc(C)cc2)no1. The van der Waals surface area contributed by atoms with Crippen molar-refractivity contribution in [2.75, 3.05) is 25.5 Å². The Hall–Kier alpha value is -3.24. The monoisotopic (exact) mass is 484 g/mol. The summed E-state index contributed by atoms with van der Waals surface area (Å²) in [5, 5.41) is 6.73. The van der Waals surface area contributed by atoms with Crippen LogP contribution in [0.25, 0.3) is 11.4 Å². The fourth-order valence-electron chi connectivity index (χ4n) is 3.81.